The summed E-state index contributed by atoms with van der Waals surface area (Å²) in [7, 11) is 0. The van der Waals surface area contributed by atoms with Crippen molar-refractivity contribution in [2.45, 2.75) is 52.0 Å². The van der Waals surface area contributed by atoms with E-state index < -0.39 is 5.54 Å². The molecular weight excluding hydrogens is 262 g/mol. The average molecular weight is 293 g/mol. The van der Waals surface area contributed by atoms with Crippen LogP contribution in [0.1, 0.15) is 45.7 Å². The predicted octanol–water partition coefficient (Wildman–Crippen LogP) is 2.50. The number of rotatable bonds is 7. The van der Waals surface area contributed by atoms with E-state index in [-0.39, 0.29) is 18.6 Å². The lowest BCUT2D eigenvalue weighted by atomic mass is 9.86. The van der Waals surface area contributed by atoms with Crippen LogP contribution in [0.15, 0.2) is 24.3 Å². The van der Waals surface area contributed by atoms with E-state index in [2.05, 4.69) is 57.3 Å². The smallest absolute Gasteiger partial charge is 0.0633 e. The third kappa shape index (κ3) is 5.77. The Labute approximate surface area is 129 Å². The Morgan fingerprint density at radius 1 is 1.00 bits per heavy atom. The Bertz CT molecular complexity index is 416. The van der Waals surface area contributed by atoms with Gasteiger partial charge in [0.05, 0.1) is 18.8 Å². The van der Waals surface area contributed by atoms with E-state index in [1.807, 2.05) is 6.92 Å². The molecule has 0 bridgehead atoms. The summed E-state index contributed by atoms with van der Waals surface area (Å²) in [6.45, 7) is 11.3. The van der Waals surface area contributed by atoms with Crippen molar-refractivity contribution in [3.05, 3.63) is 35.4 Å². The van der Waals surface area contributed by atoms with Gasteiger partial charge in [-0.15, -0.1) is 0 Å². The molecule has 0 aliphatic carbocycles. The lowest BCUT2D eigenvalue weighted by Gasteiger charge is -2.28. The lowest BCUT2D eigenvalue weighted by molar-refractivity contribution is 0.101. The second-order valence-electron chi connectivity index (χ2n) is 7.51. The van der Waals surface area contributed by atoms with Crippen LogP contribution in [0.5, 0.6) is 0 Å². The second kappa shape index (κ2) is 7.39. The molecule has 0 radical (unpaired) electrons. The summed E-state index contributed by atoms with van der Waals surface area (Å²) < 4.78 is 0. The zero-order chi connectivity index (χ0) is 16.1. The molecule has 120 valence electrons. The Balaban J connectivity index is 2.54. The van der Waals surface area contributed by atoms with Gasteiger partial charge in [0.1, 0.15) is 0 Å². The van der Waals surface area contributed by atoms with Crippen LogP contribution in [0, 0.1) is 5.92 Å². The van der Waals surface area contributed by atoms with Crippen molar-refractivity contribution in [3.8, 4) is 0 Å². The second-order valence-corrected chi connectivity index (χ2v) is 7.51. The maximum absolute atomic E-state index is 9.27. The first-order valence-electron chi connectivity index (χ1n) is 7.76. The van der Waals surface area contributed by atoms with Crippen molar-refractivity contribution < 1.29 is 10.2 Å². The van der Waals surface area contributed by atoms with Crippen molar-refractivity contribution in [1.82, 2.24) is 5.32 Å². The van der Waals surface area contributed by atoms with Crippen LogP contribution in [0.3, 0.4) is 0 Å². The van der Waals surface area contributed by atoms with Crippen molar-refractivity contribution in [1.29, 1.82) is 0 Å². The van der Waals surface area contributed by atoms with Gasteiger partial charge >= 0.3 is 0 Å². The van der Waals surface area contributed by atoms with Crippen LogP contribution in [0.2, 0.25) is 0 Å². The van der Waals surface area contributed by atoms with Gasteiger partial charge in [0, 0.05) is 0 Å². The molecule has 0 fully saturated rings. The molecule has 3 heteroatoms. The molecule has 3 nitrogen and oxygen atoms in total. The lowest BCUT2D eigenvalue weighted by Crippen LogP contribution is -2.50. The molecule has 0 spiro atoms. The molecule has 0 heterocycles. The molecule has 0 aliphatic rings. The average Bonchev–Trinajstić information content (AvgIpc) is 2.44. The van der Waals surface area contributed by atoms with E-state index in [9.17, 15) is 10.2 Å². The highest BCUT2D eigenvalue weighted by Crippen LogP contribution is 2.22. The highest BCUT2D eigenvalue weighted by Gasteiger charge is 2.22. The fourth-order valence-corrected chi connectivity index (χ4v) is 2.20. The van der Waals surface area contributed by atoms with Gasteiger partial charge < -0.3 is 15.5 Å². The Kier molecular flexibility index (Phi) is 6.39. The number of nitrogens with one attached hydrogen (secondary N) is 1. The van der Waals surface area contributed by atoms with E-state index >= 15 is 0 Å². The Morgan fingerprint density at radius 3 is 1.95 bits per heavy atom. The standard InChI is InChI=1S/C18H31NO2/c1-14(11-19-18(5,12-20)13-21)10-15-6-8-16(9-7-15)17(2,3)4/h6-9,14,19-21H,10-13H2,1-5H3/t14-/m1/s1. The zero-order valence-electron chi connectivity index (χ0n) is 14.1. The van der Waals surface area contributed by atoms with Crippen molar-refractivity contribution in [2.24, 2.45) is 5.92 Å². The Hall–Kier alpha value is -0.900. The van der Waals surface area contributed by atoms with Gasteiger partial charge in [0.15, 0.2) is 0 Å². The fourth-order valence-electron chi connectivity index (χ4n) is 2.20. The summed E-state index contributed by atoms with van der Waals surface area (Å²) in [6.07, 6.45) is 0.990. The summed E-state index contributed by atoms with van der Waals surface area (Å²) in [4.78, 5) is 0. The molecule has 0 saturated carbocycles. The first kappa shape index (κ1) is 18.1. The molecule has 21 heavy (non-hydrogen) atoms. The van der Waals surface area contributed by atoms with Gasteiger partial charge in [0.2, 0.25) is 0 Å². The number of benzene rings is 1. The topological polar surface area (TPSA) is 52.5 Å². The predicted molar refractivity (Wildman–Crippen MR) is 88.6 cm³/mol. The fraction of sp³-hybridized carbons (Fsp3) is 0.667. The van der Waals surface area contributed by atoms with Gasteiger partial charge in [-0.3, -0.25) is 0 Å². The van der Waals surface area contributed by atoms with Crippen LogP contribution in [0.25, 0.3) is 0 Å². The minimum Gasteiger partial charge on any atom is -0.394 e. The Morgan fingerprint density at radius 2 is 1.52 bits per heavy atom. The first-order valence-corrected chi connectivity index (χ1v) is 7.76. The highest BCUT2D eigenvalue weighted by molar-refractivity contribution is 5.27. The van der Waals surface area contributed by atoms with E-state index in [0.29, 0.717) is 5.92 Å². The maximum atomic E-state index is 9.27. The summed E-state index contributed by atoms with van der Waals surface area (Å²) in [6, 6.07) is 8.82. The van der Waals surface area contributed by atoms with E-state index in [1.165, 1.54) is 11.1 Å². The molecule has 1 aromatic carbocycles. The molecule has 1 aromatic rings. The number of hydrogen-bond acceptors (Lipinski definition) is 3. The SMILES string of the molecule is C[C@@H](CNC(C)(CO)CO)Cc1ccc(C(C)(C)C)cc1. The molecular formula is C18H31NO2. The number of hydrogen-bond donors (Lipinski definition) is 3. The first-order chi connectivity index (χ1) is 9.70. The summed E-state index contributed by atoms with van der Waals surface area (Å²) in [5.74, 6) is 0.447. The molecule has 0 amide bonds. The van der Waals surface area contributed by atoms with Crippen LogP contribution < -0.4 is 5.32 Å². The van der Waals surface area contributed by atoms with Gasteiger partial charge in [-0.1, -0.05) is 52.0 Å². The molecule has 0 aromatic heterocycles. The van der Waals surface area contributed by atoms with E-state index in [1.54, 1.807) is 0 Å². The monoisotopic (exact) mass is 293 g/mol. The third-order valence-corrected chi connectivity index (χ3v) is 3.98. The number of aliphatic hydroxyl groups excluding tert-OH is 2. The van der Waals surface area contributed by atoms with Crippen LogP contribution >= 0.6 is 0 Å². The zero-order valence-corrected chi connectivity index (χ0v) is 14.1. The largest absolute Gasteiger partial charge is 0.394 e. The molecule has 1 atom stereocenters. The normalized spacial score (nSPS) is 14.2. The maximum Gasteiger partial charge on any atom is 0.0633 e. The quantitative estimate of drug-likeness (QED) is 0.724. The van der Waals surface area contributed by atoms with Gasteiger partial charge in [-0.2, -0.15) is 0 Å². The van der Waals surface area contributed by atoms with Gasteiger partial charge in [-0.25, -0.2) is 0 Å². The van der Waals surface area contributed by atoms with Gasteiger partial charge in [-0.05, 0) is 42.3 Å². The van der Waals surface area contributed by atoms with Crippen molar-refractivity contribution in [3.63, 3.8) is 0 Å². The van der Waals surface area contributed by atoms with E-state index in [4.69, 9.17) is 0 Å². The highest BCUT2D eigenvalue weighted by atomic mass is 16.3. The van der Waals surface area contributed by atoms with Crippen molar-refractivity contribution in [2.75, 3.05) is 19.8 Å². The molecule has 1 rings (SSSR count). The van der Waals surface area contributed by atoms with Gasteiger partial charge in [0.25, 0.3) is 0 Å². The minimum atomic E-state index is -0.593. The number of aliphatic hydroxyl groups is 2. The van der Waals surface area contributed by atoms with Crippen LogP contribution in [0.4, 0.5) is 0 Å². The molecule has 0 saturated heterocycles. The summed E-state index contributed by atoms with van der Waals surface area (Å²) >= 11 is 0. The van der Waals surface area contributed by atoms with Crippen molar-refractivity contribution >= 4 is 0 Å². The molecule has 3 N–H and O–H groups in total. The minimum absolute atomic E-state index is 0.0590. The van der Waals surface area contributed by atoms with Crippen LogP contribution in [-0.2, 0) is 11.8 Å². The van der Waals surface area contributed by atoms with E-state index in [0.717, 1.165) is 13.0 Å². The third-order valence-electron chi connectivity index (χ3n) is 3.98. The molecule has 0 aliphatic heterocycles. The summed E-state index contributed by atoms with van der Waals surface area (Å²) in [5, 5.41) is 21.8. The molecule has 0 unspecified atom stereocenters. The summed E-state index contributed by atoms with van der Waals surface area (Å²) in [5.41, 5.74) is 2.28. The van der Waals surface area contributed by atoms with Crippen LogP contribution in [-0.4, -0.2) is 35.5 Å².